The minimum absolute atomic E-state index is 0.0705. The van der Waals surface area contributed by atoms with Crippen molar-refractivity contribution in [1.29, 1.82) is 0 Å². The topological polar surface area (TPSA) is 62.3 Å². The summed E-state index contributed by atoms with van der Waals surface area (Å²) in [6.45, 7) is 3.00. The largest absolute Gasteiger partial charge is 0.347 e. The molecular formula is C18H19N3O2. The van der Waals surface area contributed by atoms with Gasteiger partial charge in [-0.05, 0) is 24.6 Å². The standard InChI is InChI=1S/C18H19N3O2/c1-13-7-8-15(10-19-13)18(23)20-16-9-17(22)21(12-16)11-14-5-3-2-4-6-14/h2-8,10,16H,9,11-12H2,1H3,(H,20,23). The zero-order valence-corrected chi connectivity index (χ0v) is 13.0. The number of amides is 2. The normalized spacial score (nSPS) is 17.3. The second-order valence-corrected chi connectivity index (χ2v) is 5.82. The number of carbonyl (C=O) groups is 2. The molecule has 1 N–H and O–H groups in total. The predicted octanol–water partition coefficient (Wildman–Crippen LogP) is 1.92. The molecule has 5 nitrogen and oxygen atoms in total. The maximum absolute atomic E-state index is 12.2. The fraction of sp³-hybridized carbons (Fsp3) is 0.278. The molecule has 1 fully saturated rings. The lowest BCUT2D eigenvalue weighted by atomic mass is 10.2. The van der Waals surface area contributed by atoms with E-state index in [1.807, 2.05) is 37.3 Å². The molecule has 1 saturated heterocycles. The average Bonchev–Trinajstić information content (AvgIpc) is 2.88. The lowest BCUT2D eigenvalue weighted by Gasteiger charge is -2.17. The number of likely N-dealkylation sites (tertiary alicyclic amines) is 1. The van der Waals surface area contributed by atoms with Gasteiger partial charge in [-0.3, -0.25) is 14.6 Å². The van der Waals surface area contributed by atoms with E-state index in [0.29, 0.717) is 25.1 Å². The van der Waals surface area contributed by atoms with Gasteiger partial charge in [0.1, 0.15) is 0 Å². The van der Waals surface area contributed by atoms with Crippen LogP contribution in [0.15, 0.2) is 48.7 Å². The number of hydrogen-bond acceptors (Lipinski definition) is 3. The molecule has 3 rings (SSSR count). The Labute approximate surface area is 135 Å². The van der Waals surface area contributed by atoms with Crippen LogP contribution in [0.4, 0.5) is 0 Å². The molecule has 2 amide bonds. The van der Waals surface area contributed by atoms with Gasteiger partial charge >= 0.3 is 0 Å². The number of nitrogens with one attached hydrogen (secondary N) is 1. The van der Waals surface area contributed by atoms with Gasteiger partial charge in [-0.1, -0.05) is 30.3 Å². The lowest BCUT2D eigenvalue weighted by Crippen LogP contribution is -2.37. The molecule has 1 atom stereocenters. The highest BCUT2D eigenvalue weighted by Gasteiger charge is 2.30. The van der Waals surface area contributed by atoms with Crippen LogP contribution in [0, 0.1) is 6.92 Å². The van der Waals surface area contributed by atoms with Crippen molar-refractivity contribution in [2.24, 2.45) is 0 Å². The summed E-state index contributed by atoms with van der Waals surface area (Å²) in [6, 6.07) is 13.3. The number of hydrogen-bond donors (Lipinski definition) is 1. The SMILES string of the molecule is Cc1ccc(C(=O)NC2CC(=O)N(Cc3ccccc3)C2)cn1. The Bertz CT molecular complexity index is 698. The molecule has 1 aliphatic heterocycles. The van der Waals surface area contributed by atoms with Crippen molar-refractivity contribution >= 4 is 11.8 Å². The van der Waals surface area contributed by atoms with Gasteiger partial charge in [0.2, 0.25) is 5.91 Å². The van der Waals surface area contributed by atoms with E-state index in [4.69, 9.17) is 0 Å². The Hall–Kier alpha value is -2.69. The van der Waals surface area contributed by atoms with Crippen LogP contribution in [0.2, 0.25) is 0 Å². The van der Waals surface area contributed by atoms with E-state index in [0.717, 1.165) is 11.3 Å². The van der Waals surface area contributed by atoms with Gasteiger partial charge in [0.15, 0.2) is 0 Å². The van der Waals surface area contributed by atoms with Crippen LogP contribution in [0.25, 0.3) is 0 Å². The number of carbonyl (C=O) groups excluding carboxylic acids is 2. The summed E-state index contributed by atoms with van der Waals surface area (Å²) in [7, 11) is 0. The van der Waals surface area contributed by atoms with Crippen molar-refractivity contribution in [1.82, 2.24) is 15.2 Å². The van der Waals surface area contributed by atoms with E-state index in [2.05, 4.69) is 10.3 Å². The molecule has 2 aromatic rings. The van der Waals surface area contributed by atoms with Gasteiger partial charge in [-0.2, -0.15) is 0 Å². The first-order valence-electron chi connectivity index (χ1n) is 7.67. The lowest BCUT2D eigenvalue weighted by molar-refractivity contribution is -0.128. The summed E-state index contributed by atoms with van der Waals surface area (Å²) < 4.78 is 0. The zero-order chi connectivity index (χ0) is 16.2. The number of benzene rings is 1. The van der Waals surface area contributed by atoms with Crippen LogP contribution in [-0.2, 0) is 11.3 Å². The summed E-state index contributed by atoms with van der Waals surface area (Å²) in [5.41, 5.74) is 2.48. The van der Waals surface area contributed by atoms with Gasteiger partial charge in [0.25, 0.3) is 5.91 Å². The Kier molecular flexibility index (Phi) is 4.37. The van der Waals surface area contributed by atoms with Crippen molar-refractivity contribution in [3.05, 3.63) is 65.5 Å². The van der Waals surface area contributed by atoms with Crippen molar-refractivity contribution < 1.29 is 9.59 Å². The highest BCUT2D eigenvalue weighted by atomic mass is 16.2. The summed E-state index contributed by atoms with van der Waals surface area (Å²) in [5.74, 6) is -0.113. The molecule has 0 aliphatic carbocycles. The van der Waals surface area contributed by atoms with E-state index in [1.165, 1.54) is 0 Å². The highest BCUT2D eigenvalue weighted by Crippen LogP contribution is 2.15. The molecule has 0 spiro atoms. The van der Waals surface area contributed by atoms with Crippen molar-refractivity contribution in [2.75, 3.05) is 6.54 Å². The van der Waals surface area contributed by atoms with Gasteiger partial charge in [-0.15, -0.1) is 0 Å². The van der Waals surface area contributed by atoms with Crippen molar-refractivity contribution in [3.8, 4) is 0 Å². The molecule has 118 valence electrons. The molecule has 0 bridgehead atoms. The monoisotopic (exact) mass is 309 g/mol. The molecule has 0 radical (unpaired) electrons. The van der Waals surface area contributed by atoms with E-state index in [9.17, 15) is 9.59 Å². The zero-order valence-electron chi connectivity index (χ0n) is 13.0. The van der Waals surface area contributed by atoms with Crippen molar-refractivity contribution in [2.45, 2.75) is 25.9 Å². The van der Waals surface area contributed by atoms with Gasteiger partial charge in [0.05, 0.1) is 11.6 Å². The molecular weight excluding hydrogens is 290 g/mol. The molecule has 0 saturated carbocycles. The highest BCUT2D eigenvalue weighted by molar-refractivity contribution is 5.94. The number of aryl methyl sites for hydroxylation is 1. The average molecular weight is 309 g/mol. The van der Waals surface area contributed by atoms with Crippen LogP contribution in [0.3, 0.4) is 0 Å². The molecule has 1 unspecified atom stereocenters. The van der Waals surface area contributed by atoms with E-state index < -0.39 is 0 Å². The van der Waals surface area contributed by atoms with Crippen LogP contribution in [-0.4, -0.2) is 34.3 Å². The number of rotatable bonds is 4. The van der Waals surface area contributed by atoms with E-state index >= 15 is 0 Å². The second-order valence-electron chi connectivity index (χ2n) is 5.82. The number of nitrogens with zero attached hydrogens (tertiary/aromatic N) is 2. The summed E-state index contributed by atoms with van der Waals surface area (Å²) in [6.07, 6.45) is 1.90. The Morgan fingerprint density at radius 1 is 1.26 bits per heavy atom. The third-order valence-corrected chi connectivity index (χ3v) is 3.94. The molecule has 5 heteroatoms. The third kappa shape index (κ3) is 3.74. The van der Waals surface area contributed by atoms with E-state index in [-0.39, 0.29) is 17.9 Å². The van der Waals surface area contributed by atoms with Crippen molar-refractivity contribution in [3.63, 3.8) is 0 Å². The maximum atomic E-state index is 12.2. The van der Waals surface area contributed by atoms with Gasteiger partial charge in [-0.25, -0.2) is 0 Å². The minimum Gasteiger partial charge on any atom is -0.347 e. The van der Waals surface area contributed by atoms with Crippen LogP contribution in [0.5, 0.6) is 0 Å². The first kappa shape index (κ1) is 15.2. The smallest absolute Gasteiger partial charge is 0.253 e. The van der Waals surface area contributed by atoms with E-state index in [1.54, 1.807) is 23.2 Å². The fourth-order valence-electron chi connectivity index (χ4n) is 2.70. The Morgan fingerprint density at radius 3 is 2.74 bits per heavy atom. The first-order chi connectivity index (χ1) is 11.1. The molecule has 1 aromatic carbocycles. The Balaban J connectivity index is 1.59. The second kappa shape index (κ2) is 6.60. The third-order valence-electron chi connectivity index (χ3n) is 3.94. The quantitative estimate of drug-likeness (QED) is 0.938. The molecule has 23 heavy (non-hydrogen) atoms. The van der Waals surface area contributed by atoms with Gasteiger partial charge in [0, 0.05) is 31.4 Å². The van der Waals surface area contributed by atoms with Crippen LogP contribution < -0.4 is 5.32 Å². The predicted molar refractivity (Wildman–Crippen MR) is 86.7 cm³/mol. The number of aromatic nitrogens is 1. The summed E-state index contributed by atoms with van der Waals surface area (Å²) in [4.78, 5) is 30.2. The number of pyridine rings is 1. The summed E-state index contributed by atoms with van der Waals surface area (Å²) >= 11 is 0. The molecule has 2 heterocycles. The minimum atomic E-state index is -0.183. The fourth-order valence-corrected chi connectivity index (χ4v) is 2.70. The first-order valence-corrected chi connectivity index (χ1v) is 7.67. The molecule has 1 aromatic heterocycles. The van der Waals surface area contributed by atoms with Gasteiger partial charge < -0.3 is 10.2 Å². The molecule has 1 aliphatic rings. The van der Waals surface area contributed by atoms with Crippen LogP contribution in [0.1, 0.15) is 28.0 Å². The maximum Gasteiger partial charge on any atom is 0.253 e. The summed E-state index contributed by atoms with van der Waals surface area (Å²) in [5, 5.41) is 2.92. The van der Waals surface area contributed by atoms with Crippen LogP contribution >= 0.6 is 0 Å². The Morgan fingerprint density at radius 2 is 2.04 bits per heavy atom.